The summed E-state index contributed by atoms with van der Waals surface area (Å²) < 4.78 is 0. The molecule has 0 aliphatic carbocycles. The Hall–Kier alpha value is -2.93. The molecule has 36 heavy (non-hydrogen) atoms. The van der Waals surface area contributed by atoms with Gasteiger partial charge in [-0.3, -0.25) is 15.1 Å². The number of aromatic nitrogens is 1. The number of hydrogen-bond acceptors (Lipinski definition) is 5. The number of piperidine rings is 1. The summed E-state index contributed by atoms with van der Waals surface area (Å²) in [6.45, 7) is 4.45. The zero-order valence-electron chi connectivity index (χ0n) is 20.9. The number of likely N-dealkylation sites (tertiary alicyclic amines) is 1. The summed E-state index contributed by atoms with van der Waals surface area (Å²) in [4.78, 5) is 21.5. The molecule has 2 fully saturated rings. The van der Waals surface area contributed by atoms with E-state index in [9.17, 15) is 4.79 Å². The van der Waals surface area contributed by atoms with Crippen LogP contribution in [0.2, 0.25) is 0 Å². The maximum absolute atomic E-state index is 13.6. The second-order valence-electron chi connectivity index (χ2n) is 9.48. The molecule has 186 valence electrons. The minimum atomic E-state index is -0.721. The molecule has 6 heteroatoms. The third-order valence-corrected chi connectivity index (χ3v) is 8.60. The number of rotatable bonds is 7. The summed E-state index contributed by atoms with van der Waals surface area (Å²) in [5, 5.41) is 3.47. The van der Waals surface area contributed by atoms with Gasteiger partial charge in [-0.25, -0.2) is 0 Å². The van der Waals surface area contributed by atoms with Crippen LogP contribution in [-0.4, -0.2) is 66.2 Å². The molecular weight excluding hydrogens is 464 g/mol. The second-order valence-corrected chi connectivity index (χ2v) is 10.8. The maximum atomic E-state index is 13.6. The van der Waals surface area contributed by atoms with Crippen molar-refractivity contribution in [2.24, 2.45) is 0 Å². The lowest BCUT2D eigenvalue weighted by Gasteiger charge is -2.34. The van der Waals surface area contributed by atoms with Crippen LogP contribution in [0, 0.1) is 0 Å². The van der Waals surface area contributed by atoms with E-state index in [2.05, 4.69) is 75.9 Å². The van der Waals surface area contributed by atoms with Gasteiger partial charge in [0.1, 0.15) is 0 Å². The number of likely N-dealkylation sites (N-methyl/N-ethyl adjacent to an activating group) is 1. The van der Waals surface area contributed by atoms with Gasteiger partial charge in [-0.2, -0.15) is 0 Å². The summed E-state index contributed by atoms with van der Waals surface area (Å²) in [5.74, 6) is 1.03. The van der Waals surface area contributed by atoms with Crippen LogP contribution in [0.4, 0.5) is 0 Å². The van der Waals surface area contributed by atoms with Crippen molar-refractivity contribution in [2.45, 2.75) is 17.7 Å². The topological polar surface area (TPSA) is 48.5 Å². The Morgan fingerprint density at radius 2 is 1.67 bits per heavy atom. The van der Waals surface area contributed by atoms with Gasteiger partial charge in [-0.15, -0.1) is 11.8 Å². The molecule has 0 radical (unpaired) electrons. The number of nitrogens with one attached hydrogen (secondary N) is 1. The zero-order valence-corrected chi connectivity index (χ0v) is 21.7. The van der Waals surface area contributed by atoms with Gasteiger partial charge < -0.3 is 9.80 Å². The van der Waals surface area contributed by atoms with Crippen LogP contribution in [0.25, 0.3) is 5.57 Å². The molecule has 1 N–H and O–H groups in total. The number of carbonyl (C=O) groups excluding carboxylic acids is 1. The Bertz CT molecular complexity index is 1130. The maximum Gasteiger partial charge on any atom is 0.257 e. The minimum Gasteiger partial charge on any atom is -0.342 e. The van der Waals surface area contributed by atoms with E-state index in [1.54, 1.807) is 18.0 Å². The SMILES string of the molecule is CN(CCN1CCC(=C(c2ccccc2)c2ccccc2)CC1)C(=O)C1(c2cccnc2)NCCS1. The van der Waals surface area contributed by atoms with Crippen LogP contribution in [0.15, 0.2) is 90.8 Å². The first kappa shape index (κ1) is 24.8. The van der Waals surface area contributed by atoms with Crippen LogP contribution >= 0.6 is 11.8 Å². The number of benzene rings is 2. The highest BCUT2D eigenvalue weighted by Gasteiger charge is 2.45. The van der Waals surface area contributed by atoms with Crippen molar-refractivity contribution in [2.75, 3.05) is 45.5 Å². The predicted octanol–water partition coefficient (Wildman–Crippen LogP) is 4.63. The van der Waals surface area contributed by atoms with Crippen LogP contribution in [0.1, 0.15) is 29.5 Å². The third kappa shape index (κ3) is 5.26. The van der Waals surface area contributed by atoms with E-state index >= 15 is 0 Å². The van der Waals surface area contributed by atoms with Crippen molar-refractivity contribution >= 4 is 23.2 Å². The molecular formula is C30H34N4OS. The highest BCUT2D eigenvalue weighted by atomic mass is 32.2. The van der Waals surface area contributed by atoms with Crippen LogP contribution in [-0.2, 0) is 9.67 Å². The van der Waals surface area contributed by atoms with Gasteiger partial charge in [0.2, 0.25) is 0 Å². The number of pyridine rings is 1. The second kappa shape index (κ2) is 11.4. The van der Waals surface area contributed by atoms with Crippen molar-refractivity contribution in [1.29, 1.82) is 0 Å². The van der Waals surface area contributed by atoms with Gasteiger partial charge >= 0.3 is 0 Å². The number of hydrogen-bond donors (Lipinski definition) is 1. The van der Waals surface area contributed by atoms with Crippen molar-refractivity contribution in [3.05, 3.63) is 107 Å². The lowest BCUT2D eigenvalue weighted by Crippen LogP contribution is -2.51. The van der Waals surface area contributed by atoms with Gasteiger partial charge in [-0.1, -0.05) is 72.3 Å². The monoisotopic (exact) mass is 498 g/mol. The first-order chi connectivity index (χ1) is 17.7. The van der Waals surface area contributed by atoms with Crippen LogP contribution < -0.4 is 5.32 Å². The quantitative estimate of drug-likeness (QED) is 0.515. The van der Waals surface area contributed by atoms with Gasteiger partial charge in [-0.05, 0) is 35.6 Å². The molecule has 5 nitrogen and oxygen atoms in total. The van der Waals surface area contributed by atoms with Crippen molar-refractivity contribution in [3.63, 3.8) is 0 Å². The number of thioether (sulfide) groups is 1. The molecule has 1 amide bonds. The molecule has 0 saturated carbocycles. The Morgan fingerprint density at radius 1 is 1.00 bits per heavy atom. The van der Waals surface area contributed by atoms with Crippen molar-refractivity contribution in [1.82, 2.24) is 20.1 Å². The fourth-order valence-electron chi connectivity index (χ4n) is 5.24. The lowest BCUT2D eigenvalue weighted by atomic mass is 9.88. The predicted molar refractivity (Wildman–Crippen MR) is 149 cm³/mol. The molecule has 2 aromatic carbocycles. The Balaban J connectivity index is 1.24. The molecule has 2 saturated heterocycles. The zero-order chi connectivity index (χ0) is 24.8. The first-order valence-electron chi connectivity index (χ1n) is 12.8. The molecule has 5 rings (SSSR count). The van der Waals surface area contributed by atoms with E-state index in [0.717, 1.165) is 50.3 Å². The smallest absolute Gasteiger partial charge is 0.257 e. The van der Waals surface area contributed by atoms with E-state index in [1.807, 2.05) is 30.3 Å². The van der Waals surface area contributed by atoms with Crippen molar-refractivity contribution < 1.29 is 4.79 Å². The normalized spacial score (nSPS) is 20.3. The summed E-state index contributed by atoms with van der Waals surface area (Å²) in [6.07, 6.45) is 5.67. The van der Waals surface area contributed by atoms with E-state index in [4.69, 9.17) is 0 Å². The molecule has 2 aliphatic heterocycles. The number of carbonyl (C=O) groups is 1. The summed E-state index contributed by atoms with van der Waals surface area (Å²) in [5.41, 5.74) is 6.42. The average Bonchev–Trinajstić information content (AvgIpc) is 3.45. The number of nitrogens with zero attached hydrogens (tertiary/aromatic N) is 3. The van der Waals surface area contributed by atoms with Crippen LogP contribution in [0.3, 0.4) is 0 Å². The summed E-state index contributed by atoms with van der Waals surface area (Å²) in [7, 11) is 1.93. The molecule has 1 atom stereocenters. The molecule has 1 unspecified atom stereocenters. The first-order valence-corrected chi connectivity index (χ1v) is 13.8. The van der Waals surface area contributed by atoms with Gasteiger partial charge in [0.15, 0.2) is 4.87 Å². The van der Waals surface area contributed by atoms with Gasteiger partial charge in [0.05, 0.1) is 0 Å². The largest absolute Gasteiger partial charge is 0.342 e. The van der Waals surface area contributed by atoms with E-state index in [0.29, 0.717) is 6.54 Å². The Kier molecular flexibility index (Phi) is 7.85. The average molecular weight is 499 g/mol. The van der Waals surface area contributed by atoms with E-state index in [-0.39, 0.29) is 5.91 Å². The standard InChI is InChI=1S/C30H34N4OS/c1-33(29(35)30(32-17-22-36-30)27-13-8-16-31-23-27)20-21-34-18-14-26(15-19-34)28(24-9-4-2-5-10-24)25-11-6-3-7-12-25/h2-13,16,23,32H,14-15,17-22H2,1H3. The molecule has 3 heterocycles. The molecule has 1 aromatic heterocycles. The summed E-state index contributed by atoms with van der Waals surface area (Å²) in [6, 6.07) is 25.4. The molecule has 0 bridgehead atoms. The Morgan fingerprint density at radius 3 is 2.22 bits per heavy atom. The van der Waals surface area contributed by atoms with Gasteiger partial charge in [0.25, 0.3) is 5.91 Å². The fourth-order valence-corrected chi connectivity index (χ4v) is 6.52. The highest BCUT2D eigenvalue weighted by molar-refractivity contribution is 8.01. The molecule has 0 spiro atoms. The van der Waals surface area contributed by atoms with E-state index in [1.165, 1.54) is 22.3 Å². The van der Waals surface area contributed by atoms with Crippen LogP contribution in [0.5, 0.6) is 0 Å². The summed E-state index contributed by atoms with van der Waals surface area (Å²) >= 11 is 1.68. The molecule has 3 aromatic rings. The van der Waals surface area contributed by atoms with Gasteiger partial charge in [0, 0.05) is 63.5 Å². The van der Waals surface area contributed by atoms with Crippen molar-refractivity contribution in [3.8, 4) is 0 Å². The molecule has 2 aliphatic rings. The minimum absolute atomic E-state index is 0.117. The Labute approximate surface area is 218 Å². The fraction of sp³-hybridized carbons (Fsp3) is 0.333. The van der Waals surface area contributed by atoms with E-state index < -0.39 is 4.87 Å². The number of amides is 1. The third-order valence-electron chi connectivity index (χ3n) is 7.20. The highest BCUT2D eigenvalue weighted by Crippen LogP contribution is 2.39. The lowest BCUT2D eigenvalue weighted by molar-refractivity contribution is -0.133.